The second-order valence-corrected chi connectivity index (χ2v) is 16.7. The fraction of sp³-hybridized carbons (Fsp3) is 0. The number of furan rings is 1. The van der Waals surface area contributed by atoms with Crippen molar-refractivity contribution >= 4 is 75.4 Å². The summed E-state index contributed by atoms with van der Waals surface area (Å²) in [7, 11) is 0. The molecule has 0 fully saturated rings. The molecule has 0 aliphatic rings. The number of para-hydroxylation sites is 1. The lowest BCUT2D eigenvalue weighted by molar-refractivity contribution is 0.669. The molecule has 0 spiro atoms. The Kier molecular flexibility index (Phi) is 7.94. The third-order valence-corrected chi connectivity index (χ3v) is 13.1. The second-order valence-electron chi connectivity index (χ2n) is 15.7. The van der Waals surface area contributed by atoms with Gasteiger partial charge in [0.1, 0.15) is 11.2 Å². The Morgan fingerprint density at radius 3 is 1.78 bits per heavy atom. The van der Waals surface area contributed by atoms with Crippen LogP contribution in [0.2, 0.25) is 0 Å². The van der Waals surface area contributed by atoms with Gasteiger partial charge in [0, 0.05) is 53.9 Å². The van der Waals surface area contributed by atoms with Gasteiger partial charge in [-0.3, -0.25) is 4.57 Å². The van der Waals surface area contributed by atoms with Crippen molar-refractivity contribution < 1.29 is 4.42 Å². The lowest BCUT2D eigenvalue weighted by atomic mass is 10.0. The largest absolute Gasteiger partial charge is 0.456 e. The third kappa shape index (κ3) is 5.84. The molecule has 0 amide bonds. The molecular weight excluding hydrogens is 793 g/mol. The fourth-order valence-corrected chi connectivity index (χ4v) is 10.0. The summed E-state index contributed by atoms with van der Waals surface area (Å²) >= 11 is 1.73. The Balaban J connectivity index is 0.969. The normalized spacial score (nSPS) is 11.8. The third-order valence-electron chi connectivity index (χ3n) is 11.9. The van der Waals surface area contributed by atoms with Crippen molar-refractivity contribution in [2.75, 3.05) is 0 Å². The predicted octanol–water partition coefficient (Wildman–Crippen LogP) is 14.4. The van der Waals surface area contributed by atoms with Crippen molar-refractivity contribution in [2.45, 2.75) is 0 Å². The van der Waals surface area contributed by atoms with Crippen LogP contribution in [0.4, 0.5) is 0 Å². The van der Waals surface area contributed by atoms with Crippen molar-refractivity contribution in [1.29, 1.82) is 0 Å². The van der Waals surface area contributed by atoms with Crippen LogP contribution in [0.1, 0.15) is 0 Å². The monoisotopic (exact) mass is 824 g/mol. The van der Waals surface area contributed by atoms with E-state index in [1.165, 1.54) is 4.70 Å². The van der Waals surface area contributed by atoms with E-state index in [1.54, 1.807) is 11.3 Å². The number of thiophene rings is 1. The predicted molar refractivity (Wildman–Crippen MR) is 257 cm³/mol. The van der Waals surface area contributed by atoms with E-state index in [0.717, 1.165) is 98.4 Å². The quantitative estimate of drug-likeness (QED) is 0.166. The standard InChI is InChI=1S/C55H32N6OS/c1-4-14-33(15-5-1)36-24-27-40-39-20-10-12-22-44(39)61(45(40)31-36)55-59-52(35-18-8-3-9-19-35)58-54(60-55)37-26-29-46-43(30-37)41-28-25-38(32-47(41)62-46)53-56-49(34-16-6-2-7-17-34)51-50(57-53)42-21-11-13-23-48(42)63-51/h1-32H. The number of hydrogen-bond acceptors (Lipinski definition) is 7. The highest BCUT2D eigenvalue weighted by atomic mass is 32.1. The van der Waals surface area contributed by atoms with E-state index in [2.05, 4.69) is 144 Å². The Morgan fingerprint density at radius 1 is 0.365 bits per heavy atom. The molecule has 0 saturated heterocycles. The molecule has 0 atom stereocenters. The molecule has 0 bridgehead atoms. The van der Waals surface area contributed by atoms with Gasteiger partial charge in [-0.2, -0.15) is 9.97 Å². The van der Waals surface area contributed by atoms with Crippen LogP contribution < -0.4 is 0 Å². The Labute approximate surface area is 364 Å². The van der Waals surface area contributed by atoms with E-state index in [1.807, 2.05) is 54.6 Å². The SMILES string of the molecule is c1ccc(-c2ccc3c4ccccc4n(-c4nc(-c5ccccc5)nc(-c5ccc6oc7cc(-c8nc(-c9ccccc9)c9sc%10ccccc%10c9n8)ccc7c6c5)n4)c3c2)cc1. The van der Waals surface area contributed by atoms with Gasteiger partial charge in [0.05, 0.1) is 26.9 Å². The summed E-state index contributed by atoms with van der Waals surface area (Å²) in [5, 5.41) is 5.33. The van der Waals surface area contributed by atoms with Crippen LogP contribution in [-0.2, 0) is 0 Å². The molecule has 8 heteroatoms. The maximum absolute atomic E-state index is 6.57. The van der Waals surface area contributed by atoms with E-state index >= 15 is 0 Å². The summed E-state index contributed by atoms with van der Waals surface area (Å²) < 4.78 is 11.0. The van der Waals surface area contributed by atoms with Gasteiger partial charge in [-0.05, 0) is 59.7 Å². The first kappa shape index (κ1) is 35.4. The summed E-state index contributed by atoms with van der Waals surface area (Å²) in [5.74, 6) is 2.35. The number of fused-ring (bicyclic) bond motifs is 9. The highest BCUT2D eigenvalue weighted by Crippen LogP contribution is 2.41. The lowest BCUT2D eigenvalue weighted by Crippen LogP contribution is -2.06. The lowest BCUT2D eigenvalue weighted by Gasteiger charge is -2.11. The van der Waals surface area contributed by atoms with Crippen LogP contribution in [0.25, 0.3) is 127 Å². The van der Waals surface area contributed by atoms with Crippen LogP contribution >= 0.6 is 11.3 Å². The molecule has 0 radical (unpaired) electrons. The molecule has 13 rings (SSSR count). The molecule has 0 saturated carbocycles. The van der Waals surface area contributed by atoms with Crippen LogP contribution in [0.3, 0.4) is 0 Å². The van der Waals surface area contributed by atoms with Crippen LogP contribution in [-0.4, -0.2) is 29.5 Å². The first-order chi connectivity index (χ1) is 31.2. The number of hydrogen-bond donors (Lipinski definition) is 0. The van der Waals surface area contributed by atoms with Crippen molar-refractivity contribution in [3.8, 4) is 62.5 Å². The van der Waals surface area contributed by atoms with Crippen LogP contribution in [0.5, 0.6) is 0 Å². The molecule has 0 unspecified atom stereocenters. The second kappa shape index (κ2) is 14.1. The van der Waals surface area contributed by atoms with Crippen LogP contribution in [0.15, 0.2) is 199 Å². The molecular formula is C55H32N6OS. The van der Waals surface area contributed by atoms with Crippen molar-refractivity contribution in [3.63, 3.8) is 0 Å². The molecule has 5 aromatic heterocycles. The molecule has 63 heavy (non-hydrogen) atoms. The van der Waals surface area contributed by atoms with E-state index in [9.17, 15) is 0 Å². The first-order valence-electron chi connectivity index (χ1n) is 20.8. The zero-order valence-electron chi connectivity index (χ0n) is 33.5. The molecule has 13 aromatic rings. The smallest absolute Gasteiger partial charge is 0.238 e. The van der Waals surface area contributed by atoms with Crippen molar-refractivity contribution in [3.05, 3.63) is 194 Å². The average Bonchev–Trinajstić information content (AvgIpc) is 4.03. The molecule has 7 nitrogen and oxygen atoms in total. The van der Waals surface area contributed by atoms with E-state index in [-0.39, 0.29) is 0 Å². The molecule has 0 aliphatic heterocycles. The zero-order chi connectivity index (χ0) is 41.4. The summed E-state index contributed by atoms with van der Waals surface area (Å²) in [6.07, 6.45) is 0. The molecule has 5 heterocycles. The molecule has 294 valence electrons. The number of benzene rings is 8. The van der Waals surface area contributed by atoms with E-state index in [4.69, 9.17) is 29.3 Å². The highest BCUT2D eigenvalue weighted by molar-refractivity contribution is 7.26. The summed E-state index contributed by atoms with van der Waals surface area (Å²) in [6, 6.07) is 66.9. The number of aromatic nitrogens is 6. The van der Waals surface area contributed by atoms with Crippen molar-refractivity contribution in [1.82, 2.24) is 29.5 Å². The maximum Gasteiger partial charge on any atom is 0.238 e. The Bertz CT molecular complexity index is 3910. The van der Waals surface area contributed by atoms with Gasteiger partial charge in [-0.25, -0.2) is 15.0 Å². The molecule has 8 aromatic carbocycles. The van der Waals surface area contributed by atoms with Gasteiger partial charge in [0.25, 0.3) is 0 Å². The minimum Gasteiger partial charge on any atom is -0.456 e. The summed E-state index contributed by atoms with van der Waals surface area (Å²) in [5.41, 5.74) is 11.4. The molecule has 0 N–H and O–H groups in total. The van der Waals surface area contributed by atoms with Gasteiger partial charge >= 0.3 is 0 Å². The van der Waals surface area contributed by atoms with Gasteiger partial charge in [0.15, 0.2) is 17.5 Å². The van der Waals surface area contributed by atoms with Gasteiger partial charge in [-0.1, -0.05) is 146 Å². The van der Waals surface area contributed by atoms with Gasteiger partial charge < -0.3 is 4.42 Å². The van der Waals surface area contributed by atoms with E-state index in [0.29, 0.717) is 23.4 Å². The Hall–Kier alpha value is -8.33. The summed E-state index contributed by atoms with van der Waals surface area (Å²) in [6.45, 7) is 0. The summed E-state index contributed by atoms with van der Waals surface area (Å²) in [4.78, 5) is 26.0. The van der Waals surface area contributed by atoms with Gasteiger partial charge in [-0.15, -0.1) is 11.3 Å². The number of rotatable bonds is 6. The molecule has 0 aliphatic carbocycles. The Morgan fingerprint density at radius 2 is 0.968 bits per heavy atom. The fourth-order valence-electron chi connectivity index (χ4n) is 8.87. The minimum atomic E-state index is 0.544. The van der Waals surface area contributed by atoms with E-state index < -0.39 is 0 Å². The van der Waals surface area contributed by atoms with Crippen molar-refractivity contribution in [2.24, 2.45) is 0 Å². The number of nitrogens with zero attached hydrogens (tertiary/aromatic N) is 6. The topological polar surface area (TPSA) is 82.5 Å². The first-order valence-corrected chi connectivity index (χ1v) is 21.6. The minimum absolute atomic E-state index is 0.544. The average molecular weight is 825 g/mol. The maximum atomic E-state index is 6.57. The van der Waals surface area contributed by atoms with Gasteiger partial charge in [0.2, 0.25) is 5.95 Å². The highest BCUT2D eigenvalue weighted by Gasteiger charge is 2.21. The zero-order valence-corrected chi connectivity index (χ0v) is 34.3. The van der Waals surface area contributed by atoms with Crippen LogP contribution in [0, 0.1) is 0 Å².